The van der Waals surface area contributed by atoms with Gasteiger partial charge >= 0.3 is 0 Å². The van der Waals surface area contributed by atoms with Crippen LogP contribution in [-0.2, 0) is 17.6 Å². The molecule has 1 N–H and O–H groups in total. The van der Waals surface area contributed by atoms with Gasteiger partial charge < -0.3 is 9.73 Å². The van der Waals surface area contributed by atoms with Gasteiger partial charge in [-0.1, -0.05) is 6.92 Å². The summed E-state index contributed by atoms with van der Waals surface area (Å²) < 4.78 is 5.14. The van der Waals surface area contributed by atoms with Gasteiger partial charge in [-0.15, -0.1) is 11.3 Å². The lowest BCUT2D eigenvalue weighted by Gasteiger charge is -2.17. The van der Waals surface area contributed by atoms with E-state index in [2.05, 4.69) is 18.3 Å². The van der Waals surface area contributed by atoms with Gasteiger partial charge in [0.25, 0.3) is 0 Å². The van der Waals surface area contributed by atoms with Gasteiger partial charge in [-0.2, -0.15) is 5.26 Å². The molecule has 5 heteroatoms. The van der Waals surface area contributed by atoms with Crippen LogP contribution in [0.3, 0.4) is 0 Å². The predicted molar refractivity (Wildman–Crippen MR) is 86.6 cm³/mol. The van der Waals surface area contributed by atoms with Crippen LogP contribution in [0, 0.1) is 17.2 Å². The first kappa shape index (κ1) is 14.6. The molecule has 4 nitrogen and oxygen atoms in total. The molecule has 0 aliphatic heterocycles. The predicted octanol–water partition coefficient (Wildman–Crippen LogP) is 3.99. The number of thiophene rings is 1. The number of fused-ring (bicyclic) bond motifs is 1. The molecule has 112 valence electrons. The summed E-state index contributed by atoms with van der Waals surface area (Å²) in [6.07, 6.45) is 7.60. The molecule has 0 bridgehead atoms. The molecular formula is C17H16N2O2S. The fourth-order valence-corrected chi connectivity index (χ4v) is 4.02. The number of carbonyl (C=O) groups is 1. The Morgan fingerprint density at radius 3 is 3.18 bits per heavy atom. The largest absolute Gasteiger partial charge is 0.465 e. The Morgan fingerprint density at radius 1 is 1.59 bits per heavy atom. The normalized spacial score (nSPS) is 17.2. The highest BCUT2D eigenvalue weighted by molar-refractivity contribution is 7.16. The van der Waals surface area contributed by atoms with Crippen LogP contribution in [0.4, 0.5) is 5.00 Å². The van der Waals surface area contributed by atoms with E-state index >= 15 is 0 Å². The van der Waals surface area contributed by atoms with Crippen LogP contribution >= 0.6 is 11.3 Å². The van der Waals surface area contributed by atoms with Crippen LogP contribution in [0.5, 0.6) is 0 Å². The molecule has 1 aliphatic rings. The third-order valence-corrected chi connectivity index (χ3v) is 4.97. The van der Waals surface area contributed by atoms with Gasteiger partial charge in [-0.05, 0) is 49.0 Å². The number of hydrogen-bond acceptors (Lipinski definition) is 4. The second kappa shape index (κ2) is 6.20. The molecule has 1 atom stereocenters. The SMILES string of the molecule is C[C@@H]1CCc2c(sc(NC(=O)/C=C/c3ccco3)c2C#N)C1. The van der Waals surface area contributed by atoms with Crippen molar-refractivity contribution in [3.8, 4) is 6.07 Å². The number of hydrogen-bond donors (Lipinski definition) is 1. The van der Waals surface area contributed by atoms with Crippen molar-refractivity contribution in [2.24, 2.45) is 5.92 Å². The number of nitriles is 1. The zero-order valence-corrected chi connectivity index (χ0v) is 13.1. The molecule has 0 unspecified atom stereocenters. The van der Waals surface area contributed by atoms with Crippen LogP contribution in [-0.4, -0.2) is 5.91 Å². The van der Waals surface area contributed by atoms with Crippen LogP contribution in [0.15, 0.2) is 28.9 Å². The van der Waals surface area contributed by atoms with Crippen LogP contribution in [0.2, 0.25) is 0 Å². The highest BCUT2D eigenvalue weighted by Crippen LogP contribution is 2.39. The van der Waals surface area contributed by atoms with Crippen molar-refractivity contribution >= 4 is 28.3 Å². The highest BCUT2D eigenvalue weighted by atomic mass is 32.1. The summed E-state index contributed by atoms with van der Waals surface area (Å²) in [5, 5.41) is 12.9. The molecule has 2 heterocycles. The maximum atomic E-state index is 12.0. The Bertz CT molecular complexity index is 750. The number of amides is 1. The lowest BCUT2D eigenvalue weighted by molar-refractivity contribution is -0.111. The zero-order chi connectivity index (χ0) is 15.5. The van der Waals surface area contributed by atoms with Crippen LogP contribution in [0.25, 0.3) is 6.08 Å². The van der Waals surface area contributed by atoms with E-state index in [4.69, 9.17) is 4.42 Å². The fraction of sp³-hybridized carbons (Fsp3) is 0.294. The van der Waals surface area contributed by atoms with E-state index in [1.54, 1.807) is 24.5 Å². The molecule has 1 aliphatic carbocycles. The van der Waals surface area contributed by atoms with E-state index < -0.39 is 0 Å². The first-order valence-electron chi connectivity index (χ1n) is 7.24. The van der Waals surface area contributed by atoms with Gasteiger partial charge in [0, 0.05) is 11.0 Å². The zero-order valence-electron chi connectivity index (χ0n) is 12.3. The summed E-state index contributed by atoms with van der Waals surface area (Å²) in [5.74, 6) is 1.01. The molecule has 0 spiro atoms. The van der Waals surface area contributed by atoms with Crippen molar-refractivity contribution in [1.29, 1.82) is 5.26 Å². The monoisotopic (exact) mass is 312 g/mol. The van der Waals surface area contributed by atoms with Gasteiger partial charge in [0.15, 0.2) is 0 Å². The van der Waals surface area contributed by atoms with Gasteiger partial charge in [0.2, 0.25) is 5.91 Å². The summed E-state index contributed by atoms with van der Waals surface area (Å²) in [4.78, 5) is 13.2. The van der Waals surface area contributed by atoms with Crippen LogP contribution < -0.4 is 5.32 Å². The van der Waals surface area contributed by atoms with Crippen molar-refractivity contribution in [2.75, 3.05) is 5.32 Å². The Kier molecular flexibility index (Phi) is 4.12. The molecule has 22 heavy (non-hydrogen) atoms. The lowest BCUT2D eigenvalue weighted by Crippen LogP contribution is -2.10. The minimum absolute atomic E-state index is 0.250. The van der Waals surface area contributed by atoms with Gasteiger partial charge in [0.1, 0.15) is 16.8 Å². The summed E-state index contributed by atoms with van der Waals surface area (Å²) in [6, 6.07) is 5.78. The van der Waals surface area contributed by atoms with Crippen molar-refractivity contribution in [3.63, 3.8) is 0 Å². The molecule has 0 radical (unpaired) electrons. The average Bonchev–Trinajstić information content (AvgIpc) is 3.11. The lowest BCUT2D eigenvalue weighted by atomic mass is 9.89. The summed E-state index contributed by atoms with van der Waals surface area (Å²) in [5.41, 5.74) is 1.75. The third kappa shape index (κ3) is 2.97. The van der Waals surface area contributed by atoms with E-state index in [0.29, 0.717) is 22.2 Å². The molecule has 0 aromatic carbocycles. The summed E-state index contributed by atoms with van der Waals surface area (Å²) >= 11 is 1.53. The Hall–Kier alpha value is -2.32. The summed E-state index contributed by atoms with van der Waals surface area (Å²) in [7, 11) is 0. The van der Waals surface area contributed by atoms with E-state index in [-0.39, 0.29) is 5.91 Å². The number of furan rings is 1. The quantitative estimate of drug-likeness (QED) is 0.871. The van der Waals surface area contributed by atoms with E-state index in [1.165, 1.54) is 22.3 Å². The minimum Gasteiger partial charge on any atom is -0.465 e. The molecule has 1 amide bonds. The second-order valence-electron chi connectivity index (χ2n) is 5.51. The minimum atomic E-state index is -0.250. The first-order chi connectivity index (χ1) is 10.7. The molecule has 0 saturated heterocycles. The van der Waals surface area contributed by atoms with E-state index in [0.717, 1.165) is 24.8 Å². The van der Waals surface area contributed by atoms with Gasteiger partial charge in [0.05, 0.1) is 11.8 Å². The number of nitrogens with zero attached hydrogens (tertiary/aromatic N) is 1. The van der Waals surface area contributed by atoms with E-state index in [9.17, 15) is 10.1 Å². The topological polar surface area (TPSA) is 66.0 Å². The second-order valence-corrected chi connectivity index (χ2v) is 6.61. The standard InChI is InChI=1S/C17H16N2O2S/c1-11-4-6-13-14(10-18)17(22-15(13)9-11)19-16(20)7-5-12-3-2-8-21-12/h2-3,5,7-8,11H,4,6,9H2,1H3,(H,19,20)/b7-5+/t11-/m1/s1. The molecule has 0 fully saturated rings. The molecular weight excluding hydrogens is 296 g/mol. The third-order valence-electron chi connectivity index (χ3n) is 3.80. The molecule has 3 rings (SSSR count). The first-order valence-corrected chi connectivity index (χ1v) is 8.06. The Morgan fingerprint density at radius 2 is 2.45 bits per heavy atom. The van der Waals surface area contributed by atoms with Crippen molar-refractivity contribution in [3.05, 3.63) is 46.2 Å². The van der Waals surface area contributed by atoms with Gasteiger partial charge in [-0.3, -0.25) is 4.79 Å². The Balaban J connectivity index is 1.78. The fourth-order valence-electron chi connectivity index (χ4n) is 2.65. The van der Waals surface area contributed by atoms with Crippen molar-refractivity contribution < 1.29 is 9.21 Å². The van der Waals surface area contributed by atoms with Crippen molar-refractivity contribution in [2.45, 2.75) is 26.2 Å². The molecule has 2 aromatic heterocycles. The maximum Gasteiger partial charge on any atom is 0.249 e. The smallest absolute Gasteiger partial charge is 0.249 e. The average molecular weight is 312 g/mol. The highest BCUT2D eigenvalue weighted by Gasteiger charge is 2.24. The number of anilines is 1. The molecule has 2 aromatic rings. The Labute approximate surface area is 133 Å². The maximum absolute atomic E-state index is 12.0. The van der Waals surface area contributed by atoms with Crippen molar-refractivity contribution in [1.82, 2.24) is 0 Å². The number of rotatable bonds is 3. The number of carbonyl (C=O) groups excluding carboxylic acids is 1. The van der Waals surface area contributed by atoms with Crippen LogP contribution in [0.1, 0.15) is 35.1 Å². The summed E-state index contributed by atoms with van der Waals surface area (Å²) in [6.45, 7) is 2.22. The van der Waals surface area contributed by atoms with Gasteiger partial charge in [-0.25, -0.2) is 0 Å². The molecule has 0 saturated carbocycles. The van der Waals surface area contributed by atoms with E-state index in [1.807, 2.05) is 0 Å². The number of nitrogens with one attached hydrogen (secondary N) is 1.